The molecule has 3 rings (SSSR count). The molecule has 0 saturated heterocycles. The van der Waals surface area contributed by atoms with Gasteiger partial charge in [0.2, 0.25) is 5.91 Å². The summed E-state index contributed by atoms with van der Waals surface area (Å²) < 4.78 is 12.3. The number of ether oxygens (including phenoxy) is 2. The summed E-state index contributed by atoms with van der Waals surface area (Å²) in [5.41, 5.74) is 1.08. The van der Waals surface area contributed by atoms with Gasteiger partial charge in [0.25, 0.3) is 0 Å². The molecular weight excluding hydrogens is 346 g/mol. The first-order valence-corrected chi connectivity index (χ1v) is 9.53. The van der Waals surface area contributed by atoms with Crippen LogP contribution in [-0.2, 0) is 11.2 Å². The smallest absolute Gasteiger partial charge is 0.224 e. The molecule has 0 aliphatic rings. The molecule has 5 heteroatoms. The monoisotopic (exact) mass is 369 g/mol. The molecule has 0 radical (unpaired) electrons. The molecule has 1 unspecified atom stereocenters. The second-order valence-electron chi connectivity index (χ2n) is 6.30. The second kappa shape index (κ2) is 8.72. The van der Waals surface area contributed by atoms with E-state index < -0.39 is 0 Å². The molecule has 0 bridgehead atoms. The van der Waals surface area contributed by atoms with Gasteiger partial charge in [0, 0.05) is 17.2 Å². The van der Waals surface area contributed by atoms with E-state index in [0.717, 1.165) is 11.3 Å². The van der Waals surface area contributed by atoms with Crippen LogP contribution in [0.15, 0.2) is 53.9 Å². The van der Waals surface area contributed by atoms with E-state index in [-0.39, 0.29) is 11.8 Å². The van der Waals surface area contributed by atoms with Gasteiger partial charge >= 0.3 is 0 Å². The maximum absolute atomic E-state index is 12.3. The third kappa shape index (κ3) is 4.55. The van der Waals surface area contributed by atoms with Crippen molar-refractivity contribution in [2.75, 3.05) is 20.3 Å². The summed E-state index contributed by atoms with van der Waals surface area (Å²) in [5, 5.41) is 6.24. The molecule has 26 heavy (non-hydrogen) atoms. The number of para-hydroxylation sites is 2. The lowest BCUT2D eigenvalue weighted by Gasteiger charge is -2.15. The Labute approximate surface area is 157 Å². The Balaban J connectivity index is 1.46. The Morgan fingerprint density at radius 1 is 1.12 bits per heavy atom. The molecule has 1 heterocycles. The number of hydrogen-bond acceptors (Lipinski definition) is 4. The van der Waals surface area contributed by atoms with E-state index in [1.807, 2.05) is 36.4 Å². The minimum absolute atomic E-state index is 0.0395. The Morgan fingerprint density at radius 3 is 2.65 bits per heavy atom. The molecule has 0 fully saturated rings. The highest BCUT2D eigenvalue weighted by molar-refractivity contribution is 7.17. The second-order valence-corrected chi connectivity index (χ2v) is 7.22. The summed E-state index contributed by atoms with van der Waals surface area (Å²) in [6, 6.07) is 15.7. The molecule has 1 aromatic heterocycles. The highest BCUT2D eigenvalue weighted by Crippen LogP contribution is 2.27. The lowest BCUT2D eigenvalue weighted by molar-refractivity contribution is -0.120. The van der Waals surface area contributed by atoms with E-state index in [4.69, 9.17) is 9.47 Å². The van der Waals surface area contributed by atoms with Gasteiger partial charge in [-0.05, 0) is 34.5 Å². The van der Waals surface area contributed by atoms with Crippen molar-refractivity contribution in [2.24, 2.45) is 5.92 Å². The maximum Gasteiger partial charge on any atom is 0.224 e. The first-order valence-electron chi connectivity index (χ1n) is 8.65. The Bertz CT molecular complexity index is 874. The number of methoxy groups -OCH3 is 1. The summed E-state index contributed by atoms with van der Waals surface area (Å²) in [4.78, 5) is 12.3. The van der Waals surface area contributed by atoms with Crippen molar-refractivity contribution < 1.29 is 14.3 Å². The van der Waals surface area contributed by atoms with Crippen molar-refractivity contribution in [3.63, 3.8) is 0 Å². The molecule has 0 spiro atoms. The van der Waals surface area contributed by atoms with Crippen LogP contribution in [0.1, 0.15) is 12.5 Å². The number of rotatable bonds is 8. The fourth-order valence-corrected chi connectivity index (χ4v) is 3.68. The van der Waals surface area contributed by atoms with E-state index in [0.29, 0.717) is 25.3 Å². The third-order valence-electron chi connectivity index (χ3n) is 4.15. The average Bonchev–Trinajstić information content (AvgIpc) is 3.08. The molecule has 136 valence electrons. The van der Waals surface area contributed by atoms with E-state index >= 15 is 0 Å². The van der Waals surface area contributed by atoms with Crippen LogP contribution in [0, 0.1) is 5.92 Å². The first kappa shape index (κ1) is 18.3. The van der Waals surface area contributed by atoms with Gasteiger partial charge in [-0.1, -0.05) is 37.3 Å². The fourth-order valence-electron chi connectivity index (χ4n) is 2.72. The van der Waals surface area contributed by atoms with Crippen molar-refractivity contribution in [2.45, 2.75) is 13.3 Å². The van der Waals surface area contributed by atoms with Crippen LogP contribution >= 0.6 is 11.3 Å². The van der Waals surface area contributed by atoms with Gasteiger partial charge in [0.15, 0.2) is 11.5 Å². The van der Waals surface area contributed by atoms with Gasteiger partial charge in [-0.2, -0.15) is 0 Å². The van der Waals surface area contributed by atoms with Crippen molar-refractivity contribution in [3.05, 3.63) is 59.5 Å². The van der Waals surface area contributed by atoms with E-state index in [1.165, 1.54) is 10.1 Å². The Kier molecular flexibility index (Phi) is 6.12. The van der Waals surface area contributed by atoms with Gasteiger partial charge in [-0.3, -0.25) is 4.79 Å². The minimum Gasteiger partial charge on any atom is -0.493 e. The van der Waals surface area contributed by atoms with Crippen LogP contribution in [0.4, 0.5) is 0 Å². The van der Waals surface area contributed by atoms with Crippen LogP contribution in [0.25, 0.3) is 10.1 Å². The van der Waals surface area contributed by atoms with E-state index in [1.54, 1.807) is 18.4 Å². The standard InChI is InChI=1S/C21H23NO3S/c1-15(13-25-19-9-5-4-8-18(19)24-2)12-22-21(23)11-16-14-26-20-10-6-3-7-17(16)20/h3-10,14-15H,11-13H2,1-2H3,(H,22,23). The Morgan fingerprint density at radius 2 is 1.85 bits per heavy atom. The normalized spacial score (nSPS) is 11.9. The molecule has 1 atom stereocenters. The van der Waals surface area contributed by atoms with Crippen molar-refractivity contribution in [1.82, 2.24) is 5.32 Å². The number of fused-ring (bicyclic) bond motifs is 1. The quantitative estimate of drug-likeness (QED) is 0.644. The SMILES string of the molecule is COc1ccccc1OCC(C)CNC(=O)Cc1csc2ccccc12. The summed E-state index contributed by atoms with van der Waals surface area (Å²) in [6.07, 6.45) is 0.407. The summed E-state index contributed by atoms with van der Waals surface area (Å²) in [6.45, 7) is 3.15. The molecule has 1 N–H and O–H groups in total. The minimum atomic E-state index is 0.0395. The van der Waals surface area contributed by atoms with Gasteiger partial charge in [0.05, 0.1) is 20.1 Å². The van der Waals surface area contributed by atoms with Gasteiger partial charge in [-0.15, -0.1) is 11.3 Å². The molecular formula is C21H23NO3S. The van der Waals surface area contributed by atoms with Gasteiger partial charge in [0.1, 0.15) is 0 Å². The topological polar surface area (TPSA) is 47.6 Å². The zero-order valence-corrected chi connectivity index (χ0v) is 15.8. The molecule has 0 saturated carbocycles. The van der Waals surface area contributed by atoms with Crippen LogP contribution < -0.4 is 14.8 Å². The zero-order valence-electron chi connectivity index (χ0n) is 15.0. The van der Waals surface area contributed by atoms with Crippen LogP contribution in [0.3, 0.4) is 0 Å². The summed E-state index contributed by atoms with van der Waals surface area (Å²) in [5.74, 6) is 1.67. The zero-order chi connectivity index (χ0) is 18.4. The largest absolute Gasteiger partial charge is 0.493 e. The predicted octanol–water partition coefficient (Wildman–Crippen LogP) is 4.28. The summed E-state index contributed by atoms with van der Waals surface area (Å²) in [7, 11) is 1.62. The molecule has 2 aromatic carbocycles. The average molecular weight is 369 g/mol. The first-order chi connectivity index (χ1) is 12.7. The van der Waals surface area contributed by atoms with Gasteiger partial charge in [-0.25, -0.2) is 0 Å². The van der Waals surface area contributed by atoms with Crippen molar-refractivity contribution >= 4 is 27.3 Å². The van der Waals surface area contributed by atoms with E-state index in [2.05, 4.69) is 29.8 Å². The molecule has 1 amide bonds. The van der Waals surface area contributed by atoms with Crippen molar-refractivity contribution in [1.29, 1.82) is 0 Å². The molecule has 4 nitrogen and oxygen atoms in total. The lowest BCUT2D eigenvalue weighted by atomic mass is 10.1. The maximum atomic E-state index is 12.3. The number of carbonyl (C=O) groups excluding carboxylic acids is 1. The highest BCUT2D eigenvalue weighted by Gasteiger charge is 2.11. The predicted molar refractivity (Wildman–Crippen MR) is 106 cm³/mol. The van der Waals surface area contributed by atoms with Crippen LogP contribution in [-0.4, -0.2) is 26.2 Å². The number of nitrogens with one attached hydrogen (secondary N) is 1. The highest BCUT2D eigenvalue weighted by atomic mass is 32.1. The van der Waals surface area contributed by atoms with Gasteiger partial charge < -0.3 is 14.8 Å². The van der Waals surface area contributed by atoms with Crippen molar-refractivity contribution in [3.8, 4) is 11.5 Å². The molecule has 0 aliphatic carbocycles. The van der Waals surface area contributed by atoms with E-state index in [9.17, 15) is 4.79 Å². The molecule has 0 aliphatic heterocycles. The molecule has 3 aromatic rings. The fraction of sp³-hybridized carbons (Fsp3) is 0.286. The number of benzene rings is 2. The lowest BCUT2D eigenvalue weighted by Crippen LogP contribution is -2.31. The number of thiophene rings is 1. The number of carbonyl (C=O) groups is 1. The van der Waals surface area contributed by atoms with Crippen LogP contribution in [0.5, 0.6) is 11.5 Å². The number of amides is 1. The number of hydrogen-bond donors (Lipinski definition) is 1. The van der Waals surface area contributed by atoms with Crippen LogP contribution in [0.2, 0.25) is 0 Å². The third-order valence-corrected chi connectivity index (χ3v) is 5.16. The summed E-state index contributed by atoms with van der Waals surface area (Å²) >= 11 is 1.68. The Hall–Kier alpha value is -2.53.